The van der Waals surface area contributed by atoms with Crippen molar-refractivity contribution in [1.82, 2.24) is 20.3 Å². The third-order valence-electron chi connectivity index (χ3n) is 4.11. The molecule has 0 saturated carbocycles. The first kappa shape index (κ1) is 12.4. The monoisotopic (exact) mass is 259 g/mol. The van der Waals surface area contributed by atoms with E-state index in [1.54, 1.807) is 6.33 Å². The van der Waals surface area contributed by atoms with E-state index >= 15 is 0 Å². The molecule has 2 N–H and O–H groups in total. The van der Waals surface area contributed by atoms with Crippen molar-refractivity contribution in [3.05, 3.63) is 18.6 Å². The lowest BCUT2D eigenvalue weighted by atomic mass is 9.98. The Hall–Kier alpha value is -1.62. The highest BCUT2D eigenvalue weighted by Gasteiger charge is 2.28. The molecule has 3 heterocycles. The number of H-pyrrole nitrogens is 1. The number of fused-ring (bicyclic) bond motifs is 1. The van der Waals surface area contributed by atoms with Crippen LogP contribution in [0.3, 0.4) is 0 Å². The zero-order valence-electron chi connectivity index (χ0n) is 11.6. The van der Waals surface area contributed by atoms with Crippen molar-refractivity contribution >= 4 is 16.9 Å². The standard InChI is InChI=1S/C14H21N5/c1-3-14(2)9-19(8-4-6-18-14)13-11-5-7-15-12(11)16-10-17-13/h5,7,10,18H,3-4,6,8-9H2,1-2H3,(H,15,16,17). The molecule has 0 amide bonds. The summed E-state index contributed by atoms with van der Waals surface area (Å²) < 4.78 is 0. The Labute approximate surface area is 113 Å². The fourth-order valence-corrected chi connectivity index (χ4v) is 2.74. The van der Waals surface area contributed by atoms with Crippen LogP contribution in [0.1, 0.15) is 26.7 Å². The van der Waals surface area contributed by atoms with E-state index in [1.165, 1.54) is 0 Å². The Kier molecular flexibility index (Phi) is 3.14. The molecule has 0 spiro atoms. The third-order valence-corrected chi connectivity index (χ3v) is 4.11. The van der Waals surface area contributed by atoms with Gasteiger partial charge in [0, 0.05) is 24.8 Å². The highest BCUT2D eigenvalue weighted by atomic mass is 15.2. The Morgan fingerprint density at radius 2 is 2.32 bits per heavy atom. The van der Waals surface area contributed by atoms with Gasteiger partial charge in [0.15, 0.2) is 0 Å². The molecule has 102 valence electrons. The molecule has 2 aromatic heterocycles. The number of hydrogen-bond donors (Lipinski definition) is 2. The lowest BCUT2D eigenvalue weighted by Crippen LogP contribution is -2.48. The minimum atomic E-state index is 0.157. The summed E-state index contributed by atoms with van der Waals surface area (Å²) in [5.41, 5.74) is 1.07. The van der Waals surface area contributed by atoms with Crippen molar-refractivity contribution in [2.24, 2.45) is 0 Å². The van der Waals surface area contributed by atoms with Gasteiger partial charge in [0.25, 0.3) is 0 Å². The summed E-state index contributed by atoms with van der Waals surface area (Å²) >= 11 is 0. The van der Waals surface area contributed by atoms with Crippen molar-refractivity contribution in [3.63, 3.8) is 0 Å². The van der Waals surface area contributed by atoms with Crippen LogP contribution in [0.5, 0.6) is 0 Å². The summed E-state index contributed by atoms with van der Waals surface area (Å²) in [5.74, 6) is 1.05. The van der Waals surface area contributed by atoms with Crippen LogP contribution >= 0.6 is 0 Å². The van der Waals surface area contributed by atoms with Gasteiger partial charge >= 0.3 is 0 Å². The van der Waals surface area contributed by atoms with Gasteiger partial charge in [-0.25, -0.2) is 9.97 Å². The number of nitrogens with one attached hydrogen (secondary N) is 2. The maximum absolute atomic E-state index is 4.51. The predicted octanol–water partition coefficient (Wildman–Crippen LogP) is 1.93. The van der Waals surface area contributed by atoms with E-state index in [0.29, 0.717) is 0 Å². The van der Waals surface area contributed by atoms with Gasteiger partial charge in [0.05, 0.1) is 5.39 Å². The van der Waals surface area contributed by atoms with Crippen molar-refractivity contribution in [2.75, 3.05) is 24.5 Å². The molecule has 0 bridgehead atoms. The van der Waals surface area contributed by atoms with E-state index in [-0.39, 0.29) is 5.54 Å². The smallest absolute Gasteiger partial charge is 0.142 e. The van der Waals surface area contributed by atoms with Gasteiger partial charge in [0.2, 0.25) is 0 Å². The van der Waals surface area contributed by atoms with Crippen LogP contribution < -0.4 is 10.2 Å². The third kappa shape index (κ3) is 2.30. The first-order valence-electron chi connectivity index (χ1n) is 7.00. The predicted molar refractivity (Wildman–Crippen MR) is 77.4 cm³/mol. The number of nitrogens with zero attached hydrogens (tertiary/aromatic N) is 3. The van der Waals surface area contributed by atoms with Gasteiger partial charge in [-0.2, -0.15) is 0 Å². The van der Waals surface area contributed by atoms with Crippen LogP contribution in [0.4, 0.5) is 5.82 Å². The van der Waals surface area contributed by atoms with E-state index in [1.807, 2.05) is 6.20 Å². The van der Waals surface area contributed by atoms with Gasteiger partial charge in [-0.05, 0) is 32.4 Å². The lowest BCUT2D eigenvalue weighted by Gasteiger charge is -2.33. The molecule has 1 fully saturated rings. The average Bonchev–Trinajstić information content (AvgIpc) is 2.82. The molecular weight excluding hydrogens is 238 g/mol. The van der Waals surface area contributed by atoms with Crippen LogP contribution in [0.2, 0.25) is 0 Å². The normalized spacial score (nSPS) is 24.6. The molecule has 2 aromatic rings. The van der Waals surface area contributed by atoms with Crippen LogP contribution in [0.25, 0.3) is 11.0 Å². The molecule has 1 aliphatic rings. The Morgan fingerprint density at radius 3 is 3.16 bits per heavy atom. The molecule has 19 heavy (non-hydrogen) atoms. The molecule has 1 aliphatic heterocycles. The highest BCUT2D eigenvalue weighted by molar-refractivity contribution is 5.87. The molecule has 0 aliphatic carbocycles. The van der Waals surface area contributed by atoms with E-state index in [4.69, 9.17) is 0 Å². The minimum absolute atomic E-state index is 0.157. The molecule has 0 aromatic carbocycles. The highest BCUT2D eigenvalue weighted by Crippen LogP contribution is 2.25. The van der Waals surface area contributed by atoms with Crippen molar-refractivity contribution in [2.45, 2.75) is 32.2 Å². The maximum atomic E-state index is 4.51. The van der Waals surface area contributed by atoms with Crippen molar-refractivity contribution < 1.29 is 0 Å². The first-order chi connectivity index (χ1) is 9.22. The van der Waals surface area contributed by atoms with Crippen LogP contribution in [0.15, 0.2) is 18.6 Å². The summed E-state index contributed by atoms with van der Waals surface area (Å²) in [5, 5.41) is 4.77. The van der Waals surface area contributed by atoms with E-state index in [0.717, 1.165) is 49.3 Å². The molecular formula is C14H21N5. The number of aromatic nitrogens is 3. The molecule has 1 atom stereocenters. The van der Waals surface area contributed by atoms with Gasteiger partial charge < -0.3 is 15.2 Å². The fraction of sp³-hybridized carbons (Fsp3) is 0.571. The number of rotatable bonds is 2. The molecule has 5 nitrogen and oxygen atoms in total. The Balaban J connectivity index is 1.98. The van der Waals surface area contributed by atoms with Gasteiger partial charge in [-0.1, -0.05) is 6.92 Å². The van der Waals surface area contributed by atoms with Crippen molar-refractivity contribution in [1.29, 1.82) is 0 Å². The number of aromatic amines is 1. The Morgan fingerprint density at radius 1 is 1.42 bits per heavy atom. The van der Waals surface area contributed by atoms with Gasteiger partial charge in [-0.3, -0.25) is 0 Å². The summed E-state index contributed by atoms with van der Waals surface area (Å²) in [6.07, 6.45) is 5.84. The maximum Gasteiger partial charge on any atom is 0.142 e. The van der Waals surface area contributed by atoms with E-state index in [2.05, 4.69) is 45.1 Å². The number of anilines is 1. The van der Waals surface area contributed by atoms with E-state index < -0.39 is 0 Å². The Bertz CT molecular complexity index is 564. The molecule has 0 radical (unpaired) electrons. The van der Waals surface area contributed by atoms with Crippen LogP contribution in [-0.4, -0.2) is 40.1 Å². The van der Waals surface area contributed by atoms with E-state index in [9.17, 15) is 0 Å². The second-order valence-electron chi connectivity index (χ2n) is 5.55. The minimum Gasteiger partial charge on any atom is -0.354 e. The summed E-state index contributed by atoms with van der Waals surface area (Å²) in [7, 11) is 0. The molecule has 1 saturated heterocycles. The second kappa shape index (κ2) is 4.81. The number of hydrogen-bond acceptors (Lipinski definition) is 4. The fourth-order valence-electron chi connectivity index (χ4n) is 2.74. The first-order valence-corrected chi connectivity index (χ1v) is 7.00. The zero-order chi connectivity index (χ0) is 13.3. The van der Waals surface area contributed by atoms with Crippen molar-refractivity contribution in [3.8, 4) is 0 Å². The summed E-state index contributed by atoms with van der Waals surface area (Å²) in [6, 6.07) is 2.06. The van der Waals surface area contributed by atoms with Gasteiger partial charge in [0.1, 0.15) is 17.8 Å². The average molecular weight is 259 g/mol. The topological polar surface area (TPSA) is 56.8 Å². The molecule has 3 rings (SSSR count). The van der Waals surface area contributed by atoms with Crippen LogP contribution in [0, 0.1) is 0 Å². The SMILES string of the molecule is CCC1(C)CN(c2ncnc3[nH]ccc23)CCCN1. The quantitative estimate of drug-likeness (QED) is 0.865. The summed E-state index contributed by atoms with van der Waals surface area (Å²) in [6.45, 7) is 7.63. The zero-order valence-corrected chi connectivity index (χ0v) is 11.6. The second-order valence-corrected chi connectivity index (χ2v) is 5.55. The largest absolute Gasteiger partial charge is 0.354 e. The van der Waals surface area contributed by atoms with Gasteiger partial charge in [-0.15, -0.1) is 0 Å². The molecule has 5 heteroatoms. The van der Waals surface area contributed by atoms with Crippen LogP contribution in [-0.2, 0) is 0 Å². The lowest BCUT2D eigenvalue weighted by molar-refractivity contribution is 0.366. The summed E-state index contributed by atoms with van der Waals surface area (Å²) in [4.78, 5) is 14.3. The molecule has 1 unspecified atom stereocenters.